The first kappa shape index (κ1) is 14.9. The molecule has 3 unspecified atom stereocenters. The van der Waals surface area contributed by atoms with Gasteiger partial charge >= 0.3 is 0 Å². The molecule has 3 atom stereocenters. The fourth-order valence-electron chi connectivity index (χ4n) is 2.13. The van der Waals surface area contributed by atoms with E-state index in [0.29, 0.717) is 10.5 Å². The van der Waals surface area contributed by atoms with Gasteiger partial charge in [0, 0.05) is 31.7 Å². The van der Waals surface area contributed by atoms with Crippen molar-refractivity contribution in [3.63, 3.8) is 0 Å². The lowest BCUT2D eigenvalue weighted by Crippen LogP contribution is -2.21. The van der Waals surface area contributed by atoms with Crippen molar-refractivity contribution in [3.05, 3.63) is 39.1 Å². The number of rotatable bonds is 2. The van der Waals surface area contributed by atoms with Crippen LogP contribution in [-0.4, -0.2) is 21.2 Å². The van der Waals surface area contributed by atoms with Gasteiger partial charge in [0.2, 0.25) is 0 Å². The van der Waals surface area contributed by atoms with E-state index in [0.717, 1.165) is 15.4 Å². The summed E-state index contributed by atoms with van der Waals surface area (Å²) in [6.07, 6.45) is 0. The van der Waals surface area contributed by atoms with Gasteiger partial charge in [-0.15, -0.1) is 23.1 Å². The predicted octanol–water partition coefficient (Wildman–Crippen LogP) is 5.87. The molecule has 20 heavy (non-hydrogen) atoms. The Morgan fingerprint density at radius 1 is 1.25 bits per heavy atom. The van der Waals surface area contributed by atoms with Crippen LogP contribution in [-0.2, 0) is 0 Å². The molecule has 3 rings (SSSR count). The van der Waals surface area contributed by atoms with E-state index in [1.165, 1.54) is 16.3 Å². The molecule has 0 radical (unpaired) electrons. The van der Waals surface area contributed by atoms with Crippen LogP contribution in [0.5, 0.6) is 0 Å². The van der Waals surface area contributed by atoms with Gasteiger partial charge in [-0.05, 0) is 12.1 Å². The van der Waals surface area contributed by atoms with E-state index in [-0.39, 0.29) is 0 Å². The van der Waals surface area contributed by atoms with Crippen molar-refractivity contribution in [2.75, 3.05) is 5.75 Å². The lowest BCUT2D eigenvalue weighted by molar-refractivity contribution is 0.891. The van der Waals surface area contributed by atoms with Crippen LogP contribution in [0.1, 0.15) is 24.1 Å². The number of benzene rings is 1. The lowest BCUT2D eigenvalue weighted by atomic mass is 10.2. The van der Waals surface area contributed by atoms with Gasteiger partial charge in [0.05, 0.1) is 10.9 Å². The van der Waals surface area contributed by atoms with Gasteiger partial charge in [-0.2, -0.15) is 11.8 Å². The summed E-state index contributed by atoms with van der Waals surface area (Å²) in [6.45, 7) is 4.66. The Morgan fingerprint density at radius 2 is 2.10 bits per heavy atom. The largest absolute Gasteiger partial charge is 0.240 e. The smallest absolute Gasteiger partial charge is 0.107 e. The summed E-state index contributed by atoms with van der Waals surface area (Å²) in [5.41, 5.74) is 2.29. The van der Waals surface area contributed by atoms with Crippen LogP contribution in [0.4, 0.5) is 0 Å². The number of thiazole rings is 1. The van der Waals surface area contributed by atoms with Crippen molar-refractivity contribution in [1.29, 1.82) is 0 Å². The molecule has 1 saturated heterocycles. The molecule has 0 aliphatic carbocycles. The average Bonchev–Trinajstić information content (AvgIpc) is 2.92. The van der Waals surface area contributed by atoms with Gasteiger partial charge < -0.3 is 0 Å². The highest BCUT2D eigenvalue weighted by Crippen LogP contribution is 2.45. The molecule has 1 fully saturated rings. The second kappa shape index (κ2) is 6.42. The van der Waals surface area contributed by atoms with Crippen molar-refractivity contribution >= 4 is 50.8 Å². The van der Waals surface area contributed by atoms with Gasteiger partial charge in [0.1, 0.15) is 5.01 Å². The summed E-state index contributed by atoms with van der Waals surface area (Å²) in [4.78, 5) is 4.87. The molecule has 1 aromatic heterocycles. The number of hydrogen-bond donors (Lipinski definition) is 0. The third-order valence-corrected chi connectivity index (χ3v) is 8.47. The van der Waals surface area contributed by atoms with Crippen LogP contribution in [0, 0.1) is 0 Å². The first-order chi connectivity index (χ1) is 9.63. The maximum atomic E-state index is 4.87. The molecule has 1 aliphatic heterocycles. The van der Waals surface area contributed by atoms with Gasteiger partial charge in [-0.1, -0.05) is 41.9 Å². The van der Waals surface area contributed by atoms with E-state index in [9.17, 15) is 0 Å². The van der Waals surface area contributed by atoms with E-state index in [4.69, 9.17) is 4.98 Å². The minimum absolute atomic E-state index is 0.553. The Kier molecular flexibility index (Phi) is 4.80. The Morgan fingerprint density at radius 3 is 2.85 bits per heavy atom. The van der Waals surface area contributed by atoms with Crippen molar-refractivity contribution in [3.8, 4) is 11.3 Å². The summed E-state index contributed by atoms with van der Waals surface area (Å²) in [5.74, 6) is 1.18. The zero-order valence-electron chi connectivity index (χ0n) is 11.4. The van der Waals surface area contributed by atoms with Crippen LogP contribution in [0.3, 0.4) is 0 Å². The molecule has 0 bridgehead atoms. The van der Waals surface area contributed by atoms with Crippen LogP contribution < -0.4 is 0 Å². The summed E-state index contributed by atoms with van der Waals surface area (Å²) < 4.78 is 1.11. The van der Waals surface area contributed by atoms with Crippen LogP contribution in [0.25, 0.3) is 11.3 Å². The molecule has 1 aliphatic rings. The highest BCUT2D eigenvalue weighted by Gasteiger charge is 2.28. The number of aromatic nitrogens is 1. The Labute approximate surface area is 141 Å². The Bertz CT molecular complexity index is 598. The third-order valence-electron chi connectivity index (χ3n) is 3.47. The summed E-state index contributed by atoms with van der Waals surface area (Å²) in [5, 5.41) is 5.47. The molecule has 0 amide bonds. The molecule has 1 nitrogen and oxygen atoms in total. The molecule has 0 N–H and O–H groups in total. The highest BCUT2D eigenvalue weighted by molar-refractivity contribution is 9.10. The first-order valence-electron chi connectivity index (χ1n) is 6.62. The molecular formula is C15H16BrNS3. The second-order valence-corrected chi connectivity index (χ2v) is 9.75. The topological polar surface area (TPSA) is 12.9 Å². The van der Waals surface area contributed by atoms with Crippen molar-refractivity contribution in [2.45, 2.75) is 29.6 Å². The van der Waals surface area contributed by atoms with Gasteiger partial charge in [-0.25, -0.2) is 4.98 Å². The van der Waals surface area contributed by atoms with Crippen LogP contribution in [0.15, 0.2) is 34.1 Å². The zero-order valence-corrected chi connectivity index (χ0v) is 15.4. The van der Waals surface area contributed by atoms with E-state index in [1.807, 2.05) is 6.07 Å². The first-order valence-corrected chi connectivity index (χ1v) is 10.3. The number of nitrogens with zero attached hydrogens (tertiary/aromatic N) is 1. The fourth-order valence-corrected chi connectivity index (χ4v) is 6.57. The number of thioether (sulfide) groups is 2. The minimum atomic E-state index is 0.553. The summed E-state index contributed by atoms with van der Waals surface area (Å²) >= 11 is 9.48. The molecular weight excluding hydrogens is 370 g/mol. The molecule has 0 spiro atoms. The van der Waals surface area contributed by atoms with E-state index in [1.54, 1.807) is 11.3 Å². The SMILES string of the molecule is CC1SCC(c2nc(-c3cccc(Br)c3)cs2)SC1C. The quantitative estimate of drug-likeness (QED) is 0.641. The molecule has 0 saturated carbocycles. The molecule has 1 aromatic carbocycles. The normalized spacial score (nSPS) is 26.6. The Balaban J connectivity index is 1.80. The Hall–Kier alpha value is 0.0300. The summed E-state index contributed by atoms with van der Waals surface area (Å²) in [6, 6.07) is 8.37. The number of hydrogen-bond acceptors (Lipinski definition) is 4. The highest BCUT2D eigenvalue weighted by atomic mass is 79.9. The summed E-state index contributed by atoms with van der Waals surface area (Å²) in [7, 11) is 0. The zero-order chi connectivity index (χ0) is 14.1. The van der Waals surface area contributed by atoms with Gasteiger partial charge in [0.25, 0.3) is 0 Å². The molecule has 106 valence electrons. The van der Waals surface area contributed by atoms with Crippen molar-refractivity contribution in [1.82, 2.24) is 4.98 Å². The average molecular weight is 386 g/mol. The van der Waals surface area contributed by atoms with Crippen LogP contribution in [0.2, 0.25) is 0 Å². The van der Waals surface area contributed by atoms with Gasteiger partial charge in [0.15, 0.2) is 0 Å². The van der Waals surface area contributed by atoms with Gasteiger partial charge in [-0.3, -0.25) is 0 Å². The van der Waals surface area contributed by atoms with Crippen LogP contribution >= 0.6 is 50.8 Å². The van der Waals surface area contributed by atoms with E-state index < -0.39 is 0 Å². The monoisotopic (exact) mass is 385 g/mol. The lowest BCUT2D eigenvalue weighted by Gasteiger charge is -2.30. The van der Waals surface area contributed by atoms with E-state index in [2.05, 4.69) is 76.9 Å². The molecule has 2 heterocycles. The third kappa shape index (κ3) is 3.26. The second-order valence-electron chi connectivity index (χ2n) is 4.95. The predicted molar refractivity (Wildman–Crippen MR) is 97.0 cm³/mol. The number of halogens is 1. The van der Waals surface area contributed by atoms with Crippen molar-refractivity contribution in [2.24, 2.45) is 0 Å². The maximum absolute atomic E-state index is 4.87. The maximum Gasteiger partial charge on any atom is 0.107 e. The minimum Gasteiger partial charge on any atom is -0.240 e. The fraction of sp³-hybridized carbons (Fsp3) is 0.400. The standard InChI is InChI=1S/C15H16BrNS3/c1-9-10(2)20-14(8-18-9)15-17-13(7-19-15)11-4-3-5-12(16)6-11/h3-7,9-10,14H,8H2,1-2H3. The molecule has 5 heteroatoms. The van der Waals surface area contributed by atoms with Crippen molar-refractivity contribution < 1.29 is 0 Å². The van der Waals surface area contributed by atoms with E-state index >= 15 is 0 Å². The molecule has 2 aromatic rings.